The van der Waals surface area contributed by atoms with Crippen LogP contribution in [0.4, 0.5) is 0 Å². The number of rotatable bonds is 7. The molecule has 8 rings (SSSR count). The van der Waals surface area contributed by atoms with Crippen molar-refractivity contribution in [3.63, 3.8) is 0 Å². The molecule has 0 fully saturated rings. The number of benzene rings is 6. The number of phenols is 1. The molecule has 6 aromatic carbocycles. The van der Waals surface area contributed by atoms with Crippen LogP contribution in [0.1, 0.15) is 117 Å². The minimum Gasteiger partial charge on any atom is -0.507 e. The Labute approximate surface area is 396 Å². The third-order valence-corrected chi connectivity index (χ3v) is 11.2. The summed E-state index contributed by atoms with van der Waals surface area (Å²) < 4.78 is 80.9. The Balaban J connectivity index is 0.00000741. The quantitative estimate of drug-likeness (QED) is 0.162. The van der Waals surface area contributed by atoms with Crippen molar-refractivity contribution in [1.29, 1.82) is 0 Å². The van der Waals surface area contributed by atoms with Gasteiger partial charge in [0.2, 0.25) is 0 Å². The molecule has 2 aromatic heterocycles. The summed E-state index contributed by atoms with van der Waals surface area (Å²) in [6.45, 7) is 22.5. The molecule has 318 valence electrons. The van der Waals surface area contributed by atoms with Gasteiger partial charge in [-0.25, -0.2) is 4.98 Å². The van der Waals surface area contributed by atoms with Crippen LogP contribution in [-0.4, -0.2) is 19.6 Å². The van der Waals surface area contributed by atoms with Crippen molar-refractivity contribution in [3.05, 3.63) is 168 Å². The summed E-state index contributed by atoms with van der Waals surface area (Å²) in [7, 11) is 0. The molecule has 0 aliphatic heterocycles. The van der Waals surface area contributed by atoms with Crippen LogP contribution in [0.25, 0.3) is 72.7 Å². The van der Waals surface area contributed by atoms with Gasteiger partial charge < -0.3 is 5.11 Å². The maximum Gasteiger partial charge on any atom is 0.148 e. The van der Waals surface area contributed by atoms with Gasteiger partial charge in [-0.2, -0.15) is 0 Å². The second-order valence-electron chi connectivity index (χ2n) is 19.1. The van der Waals surface area contributed by atoms with E-state index in [-0.39, 0.29) is 55.1 Å². The number of phenolic OH excluding ortho intramolecular Hbond substituents is 1. The standard InChI is InChI=1S/C57H58N3O.Pt/c1-36(2)40-27-41(38-21-16-13-17-22-38)32-46(31-40)60-51-24-18-23-47(52(51)59-54(60)48-34-45(56(6,7)8)35-49(53(48)61)57(9,10)11)42-28-43(30-44(29-42)55(3,4)5)50-33-39(25-26-58-50)37-19-14-12-15-20-37;/h12-27,29-36,61H,1-11H3;/q-1;/i12D,14D,15D,19D,20D,25D,26D,33D,36D;. The number of hydrogen-bond acceptors (Lipinski definition) is 3. The van der Waals surface area contributed by atoms with E-state index in [0.717, 1.165) is 39.1 Å². The summed E-state index contributed by atoms with van der Waals surface area (Å²) in [4.78, 5) is 9.95. The molecule has 0 saturated heterocycles. The maximum absolute atomic E-state index is 12.5. The van der Waals surface area contributed by atoms with E-state index < -0.39 is 59.2 Å². The normalized spacial score (nSPS) is 14.4. The van der Waals surface area contributed by atoms with E-state index in [2.05, 4.69) is 69.3 Å². The zero-order valence-corrected chi connectivity index (χ0v) is 39.5. The van der Waals surface area contributed by atoms with Crippen LogP contribution in [0, 0.1) is 6.07 Å². The van der Waals surface area contributed by atoms with E-state index in [1.165, 1.54) is 0 Å². The van der Waals surface area contributed by atoms with E-state index in [9.17, 15) is 7.85 Å². The monoisotopic (exact) mass is 1000 g/mol. The van der Waals surface area contributed by atoms with Gasteiger partial charge in [-0.15, -0.1) is 29.3 Å². The number of aromatic nitrogens is 3. The first kappa shape index (κ1) is 34.0. The predicted octanol–water partition coefficient (Wildman–Crippen LogP) is 15.3. The van der Waals surface area contributed by atoms with Crippen molar-refractivity contribution >= 4 is 11.0 Å². The van der Waals surface area contributed by atoms with Crippen LogP contribution in [0.15, 0.2) is 139 Å². The summed E-state index contributed by atoms with van der Waals surface area (Å²) in [5.41, 5.74) is 7.42. The van der Waals surface area contributed by atoms with Crippen molar-refractivity contribution in [2.75, 3.05) is 0 Å². The summed E-state index contributed by atoms with van der Waals surface area (Å²) in [6.07, 6.45) is -0.533. The Kier molecular flexibility index (Phi) is 9.29. The van der Waals surface area contributed by atoms with Crippen molar-refractivity contribution in [2.45, 2.75) is 98.3 Å². The molecular formula is C57H58N3OPt-. The first-order valence-electron chi connectivity index (χ1n) is 25.2. The number of pyridine rings is 1. The second kappa shape index (κ2) is 16.9. The molecule has 0 unspecified atom stereocenters. The van der Waals surface area contributed by atoms with Gasteiger partial charge in [0, 0.05) is 45.6 Å². The van der Waals surface area contributed by atoms with Gasteiger partial charge in [-0.3, -0.25) is 9.55 Å². The zero-order valence-electron chi connectivity index (χ0n) is 46.3. The fraction of sp³-hybridized carbons (Fsp3) is 0.263. The molecule has 0 aliphatic rings. The van der Waals surface area contributed by atoms with Crippen LogP contribution in [0.2, 0.25) is 0 Å². The topological polar surface area (TPSA) is 50.9 Å². The Hall–Kier alpha value is -5.57. The van der Waals surface area contributed by atoms with Crippen LogP contribution >= 0.6 is 0 Å². The van der Waals surface area contributed by atoms with Gasteiger partial charge in [0.1, 0.15) is 11.6 Å². The van der Waals surface area contributed by atoms with Gasteiger partial charge in [0.15, 0.2) is 0 Å². The van der Waals surface area contributed by atoms with E-state index in [4.69, 9.17) is 14.6 Å². The Morgan fingerprint density at radius 2 is 1.34 bits per heavy atom. The molecular weight excluding hydrogens is 938 g/mol. The molecule has 0 spiro atoms. The molecule has 0 radical (unpaired) electrons. The molecule has 4 nitrogen and oxygen atoms in total. The van der Waals surface area contributed by atoms with Crippen molar-refractivity contribution in [3.8, 4) is 67.5 Å². The summed E-state index contributed by atoms with van der Waals surface area (Å²) in [5.74, 6) is -0.404. The Morgan fingerprint density at radius 1 is 0.661 bits per heavy atom. The zero-order chi connectivity index (χ0) is 51.3. The van der Waals surface area contributed by atoms with Crippen molar-refractivity contribution in [1.82, 2.24) is 14.5 Å². The minimum absolute atomic E-state index is 0. The Morgan fingerprint density at radius 3 is 2.00 bits per heavy atom. The smallest absolute Gasteiger partial charge is 0.148 e. The van der Waals surface area contributed by atoms with Crippen LogP contribution in [0.3, 0.4) is 0 Å². The number of imidazole rings is 1. The second-order valence-corrected chi connectivity index (χ2v) is 19.1. The summed E-state index contributed by atoms with van der Waals surface area (Å²) in [6, 6.07) is 29.5. The van der Waals surface area contributed by atoms with Crippen LogP contribution in [0.5, 0.6) is 5.75 Å². The third kappa shape index (κ3) is 8.86. The van der Waals surface area contributed by atoms with Crippen molar-refractivity contribution in [2.24, 2.45) is 0 Å². The summed E-state index contributed by atoms with van der Waals surface area (Å²) in [5, 5.41) is 12.5. The first-order chi connectivity index (χ1) is 32.5. The first-order valence-corrected chi connectivity index (χ1v) is 20.7. The average Bonchev–Trinajstić information content (AvgIpc) is 3.68. The molecule has 62 heavy (non-hydrogen) atoms. The molecule has 0 amide bonds. The fourth-order valence-electron chi connectivity index (χ4n) is 7.62. The number of para-hydroxylation sites is 1. The van der Waals surface area contributed by atoms with Gasteiger partial charge in [-0.05, 0) is 85.8 Å². The minimum atomic E-state index is -0.988. The number of nitrogens with zero attached hydrogens (tertiary/aromatic N) is 3. The van der Waals surface area contributed by atoms with Gasteiger partial charge in [0.05, 0.1) is 27.6 Å². The molecule has 0 atom stereocenters. The van der Waals surface area contributed by atoms with Crippen molar-refractivity contribution < 1.29 is 38.5 Å². The molecule has 2 heterocycles. The van der Waals surface area contributed by atoms with E-state index in [0.29, 0.717) is 39.1 Å². The van der Waals surface area contributed by atoms with E-state index in [1.54, 1.807) is 0 Å². The molecule has 8 aromatic rings. The maximum atomic E-state index is 12.5. The van der Waals surface area contributed by atoms with Crippen LogP contribution in [-0.2, 0) is 37.3 Å². The predicted molar refractivity (Wildman–Crippen MR) is 257 cm³/mol. The van der Waals surface area contributed by atoms with Crippen LogP contribution < -0.4 is 0 Å². The van der Waals surface area contributed by atoms with Gasteiger partial charge in [-0.1, -0.05) is 178 Å². The molecule has 1 N–H and O–H groups in total. The SMILES string of the molecule is [2H]c1nc(-c2[c-]c(-c3cccc4c3nc(-c3cc(C(C)(C)C)cc(C(C)(C)C)c3O)n4-c3cc(-c4ccccc4)cc(C([2H])(C)C)c3)cc(C(C)(C)C)c2)c([2H])c(-c2c([2H])c([2H])c([2H])c([2H])c2[2H])c1[2H].[Pt]. The number of hydrogen-bond donors (Lipinski definition) is 1. The number of fused-ring (bicyclic) bond motifs is 1. The Bertz CT molecular complexity index is 3380. The van der Waals surface area contributed by atoms with E-state index in [1.807, 2.05) is 113 Å². The molecule has 5 heteroatoms. The number of aromatic hydroxyl groups is 1. The third-order valence-electron chi connectivity index (χ3n) is 11.2. The molecule has 0 saturated carbocycles. The average molecular weight is 1010 g/mol. The fourth-order valence-corrected chi connectivity index (χ4v) is 7.62. The van der Waals surface area contributed by atoms with Gasteiger partial charge in [0.25, 0.3) is 0 Å². The molecule has 0 aliphatic carbocycles. The molecule has 0 bridgehead atoms. The van der Waals surface area contributed by atoms with E-state index >= 15 is 0 Å². The largest absolute Gasteiger partial charge is 0.507 e. The van der Waals surface area contributed by atoms with Gasteiger partial charge >= 0.3 is 0 Å². The summed E-state index contributed by atoms with van der Waals surface area (Å²) >= 11 is 0.